The first-order chi connectivity index (χ1) is 14.0. The third-order valence-electron chi connectivity index (χ3n) is 5.61. The van der Waals surface area contributed by atoms with Gasteiger partial charge in [0.2, 0.25) is 0 Å². The van der Waals surface area contributed by atoms with Crippen molar-refractivity contribution in [3.05, 3.63) is 80.9 Å². The van der Waals surface area contributed by atoms with Crippen LogP contribution in [0.15, 0.2) is 48.5 Å². The Morgan fingerprint density at radius 3 is 2.69 bits per heavy atom. The molecule has 1 radical (unpaired) electrons. The van der Waals surface area contributed by atoms with E-state index in [1.807, 2.05) is 12.1 Å². The number of nitro groups is 1. The molecule has 5 nitrogen and oxygen atoms in total. The van der Waals surface area contributed by atoms with Crippen molar-refractivity contribution in [2.45, 2.75) is 19.3 Å². The fraction of sp³-hybridized carbons (Fsp3) is 0.261. The van der Waals surface area contributed by atoms with E-state index in [1.165, 1.54) is 17.7 Å². The van der Waals surface area contributed by atoms with Gasteiger partial charge in [0.1, 0.15) is 6.07 Å². The van der Waals surface area contributed by atoms with Gasteiger partial charge in [-0.3, -0.25) is 10.1 Å². The summed E-state index contributed by atoms with van der Waals surface area (Å²) in [5.74, 6) is 0.575. The summed E-state index contributed by atoms with van der Waals surface area (Å²) in [6.45, 7) is 1.76. The Morgan fingerprint density at radius 1 is 1.21 bits per heavy atom. The van der Waals surface area contributed by atoms with Crippen LogP contribution >= 0.6 is 11.6 Å². The number of anilines is 1. The second-order valence-electron chi connectivity index (χ2n) is 7.41. The van der Waals surface area contributed by atoms with E-state index in [2.05, 4.69) is 29.2 Å². The van der Waals surface area contributed by atoms with Crippen LogP contribution in [0.5, 0.6) is 0 Å². The minimum atomic E-state index is -0.428. The van der Waals surface area contributed by atoms with Gasteiger partial charge in [0.15, 0.2) is 0 Å². The normalized spacial score (nSPS) is 14.7. The first kappa shape index (κ1) is 19.2. The molecule has 1 heterocycles. The summed E-state index contributed by atoms with van der Waals surface area (Å²) in [4.78, 5) is 12.7. The zero-order valence-corrected chi connectivity index (χ0v) is 16.5. The smallest absolute Gasteiger partial charge is 0.271 e. The predicted molar refractivity (Wildman–Crippen MR) is 114 cm³/mol. The van der Waals surface area contributed by atoms with Crippen LogP contribution in [0.25, 0.3) is 10.8 Å². The number of hydrogen-bond acceptors (Lipinski definition) is 4. The molecule has 0 saturated carbocycles. The standard InChI is InChI=1S/C23H19ClN3O2/c24-22-14-20(27(28)29)5-7-23(22)26-10-8-16(9-11-26)12-17-4-6-21-18(13-17)2-1-3-19(21)15-25/h1-2,4-7,13-14,16H,8-12H2. The molecule has 1 aliphatic rings. The van der Waals surface area contributed by atoms with Gasteiger partial charge in [-0.15, -0.1) is 0 Å². The average Bonchev–Trinajstić information content (AvgIpc) is 2.73. The molecule has 1 fully saturated rings. The third kappa shape index (κ3) is 4.03. The van der Waals surface area contributed by atoms with Crippen LogP contribution in [0.2, 0.25) is 5.02 Å². The van der Waals surface area contributed by atoms with Gasteiger partial charge in [-0.2, -0.15) is 5.26 Å². The Morgan fingerprint density at radius 2 is 2.00 bits per heavy atom. The molecule has 3 aromatic carbocycles. The molecule has 29 heavy (non-hydrogen) atoms. The van der Waals surface area contributed by atoms with Crippen molar-refractivity contribution in [3.8, 4) is 6.07 Å². The van der Waals surface area contributed by atoms with E-state index in [0.717, 1.165) is 48.8 Å². The third-order valence-corrected chi connectivity index (χ3v) is 5.91. The largest absolute Gasteiger partial charge is 0.370 e. The van der Waals surface area contributed by atoms with Crippen molar-refractivity contribution in [1.29, 1.82) is 5.26 Å². The van der Waals surface area contributed by atoms with Crippen LogP contribution < -0.4 is 4.90 Å². The number of benzene rings is 3. The van der Waals surface area contributed by atoms with Crippen molar-refractivity contribution in [2.75, 3.05) is 18.0 Å². The second kappa shape index (κ2) is 8.10. The topological polar surface area (TPSA) is 70.2 Å². The van der Waals surface area contributed by atoms with Crippen LogP contribution in [0.4, 0.5) is 11.4 Å². The van der Waals surface area contributed by atoms with Gasteiger partial charge in [0, 0.05) is 36.7 Å². The number of piperidine rings is 1. The molecule has 0 aromatic heterocycles. The van der Waals surface area contributed by atoms with Gasteiger partial charge >= 0.3 is 0 Å². The lowest BCUT2D eigenvalue weighted by Crippen LogP contribution is -2.34. The lowest BCUT2D eigenvalue weighted by atomic mass is 9.89. The summed E-state index contributed by atoms with van der Waals surface area (Å²) in [7, 11) is 0. The summed E-state index contributed by atoms with van der Waals surface area (Å²) in [6, 6.07) is 20.0. The quantitative estimate of drug-likeness (QED) is 0.423. The Bertz CT molecular complexity index is 1110. The van der Waals surface area contributed by atoms with Gasteiger partial charge < -0.3 is 4.90 Å². The zero-order valence-electron chi connectivity index (χ0n) is 15.8. The molecule has 1 saturated heterocycles. The molecule has 0 spiro atoms. The molecule has 3 aromatic rings. The van der Waals surface area contributed by atoms with Gasteiger partial charge in [-0.1, -0.05) is 41.9 Å². The highest BCUT2D eigenvalue weighted by molar-refractivity contribution is 6.33. The number of rotatable bonds is 4. The van der Waals surface area contributed by atoms with Crippen LogP contribution in [0, 0.1) is 33.4 Å². The highest BCUT2D eigenvalue weighted by atomic mass is 35.5. The monoisotopic (exact) mass is 404 g/mol. The number of nitro benzene ring substituents is 1. The number of hydrogen-bond donors (Lipinski definition) is 0. The van der Waals surface area contributed by atoms with E-state index < -0.39 is 4.92 Å². The summed E-state index contributed by atoms with van der Waals surface area (Å²) in [6.07, 6.45) is 3.08. The maximum atomic E-state index is 10.9. The van der Waals surface area contributed by atoms with Crippen molar-refractivity contribution >= 4 is 33.7 Å². The van der Waals surface area contributed by atoms with E-state index in [4.69, 9.17) is 11.6 Å². The van der Waals surface area contributed by atoms with Gasteiger partial charge in [0.05, 0.1) is 21.2 Å². The first-order valence-electron chi connectivity index (χ1n) is 9.57. The molecule has 1 aliphatic heterocycles. The Kier molecular flexibility index (Phi) is 5.37. The highest BCUT2D eigenvalue weighted by Crippen LogP contribution is 2.33. The maximum absolute atomic E-state index is 10.9. The van der Waals surface area contributed by atoms with Gasteiger partial charge in [-0.05, 0) is 42.2 Å². The molecular weight excluding hydrogens is 386 g/mol. The molecule has 145 valence electrons. The molecule has 0 amide bonds. The highest BCUT2D eigenvalue weighted by Gasteiger charge is 2.22. The number of non-ortho nitro benzene ring substituents is 1. The van der Waals surface area contributed by atoms with Crippen molar-refractivity contribution in [3.63, 3.8) is 0 Å². The summed E-state index contributed by atoms with van der Waals surface area (Å²) < 4.78 is 0. The minimum absolute atomic E-state index is 0.0158. The van der Waals surface area contributed by atoms with Crippen LogP contribution in [-0.4, -0.2) is 18.0 Å². The summed E-state index contributed by atoms with van der Waals surface area (Å²) in [5.41, 5.74) is 2.74. The minimum Gasteiger partial charge on any atom is -0.370 e. The number of halogens is 1. The Hall–Kier alpha value is -3.10. The SMILES string of the molecule is N#Cc1[c]ccc2cc(CC3CCN(c4ccc([N+](=O)[O-])cc4Cl)CC3)ccc12. The van der Waals surface area contributed by atoms with Crippen LogP contribution in [-0.2, 0) is 6.42 Å². The first-order valence-corrected chi connectivity index (χ1v) is 9.95. The van der Waals surface area contributed by atoms with E-state index in [-0.39, 0.29) is 5.69 Å². The van der Waals surface area contributed by atoms with Crippen LogP contribution in [0.1, 0.15) is 24.0 Å². The molecule has 0 atom stereocenters. The number of fused-ring (bicyclic) bond motifs is 1. The Balaban J connectivity index is 1.42. The fourth-order valence-corrected chi connectivity index (χ4v) is 4.36. The lowest BCUT2D eigenvalue weighted by molar-refractivity contribution is -0.384. The van der Waals surface area contributed by atoms with Crippen molar-refractivity contribution in [1.82, 2.24) is 0 Å². The van der Waals surface area contributed by atoms with E-state index >= 15 is 0 Å². The van der Waals surface area contributed by atoms with Gasteiger partial charge in [0.25, 0.3) is 5.69 Å². The summed E-state index contributed by atoms with van der Waals surface area (Å²) in [5, 5.41) is 22.6. The molecule has 6 heteroatoms. The van der Waals surface area contributed by atoms with E-state index in [0.29, 0.717) is 16.5 Å². The van der Waals surface area contributed by atoms with E-state index in [9.17, 15) is 15.4 Å². The molecule has 0 unspecified atom stereocenters. The number of nitrogens with zero attached hydrogens (tertiary/aromatic N) is 3. The van der Waals surface area contributed by atoms with Crippen molar-refractivity contribution < 1.29 is 4.92 Å². The maximum Gasteiger partial charge on any atom is 0.271 e. The van der Waals surface area contributed by atoms with Gasteiger partial charge in [-0.25, -0.2) is 0 Å². The average molecular weight is 405 g/mol. The molecule has 0 N–H and O–H groups in total. The van der Waals surface area contributed by atoms with Crippen molar-refractivity contribution in [2.24, 2.45) is 5.92 Å². The fourth-order valence-electron chi connectivity index (χ4n) is 4.07. The lowest BCUT2D eigenvalue weighted by Gasteiger charge is -2.34. The Labute approximate surface area is 174 Å². The predicted octanol–water partition coefficient (Wildman–Crippen LogP) is 5.53. The molecule has 0 bridgehead atoms. The second-order valence-corrected chi connectivity index (χ2v) is 7.82. The summed E-state index contributed by atoms with van der Waals surface area (Å²) >= 11 is 6.28. The molecular formula is C23H19ClN3O2. The molecule has 0 aliphatic carbocycles. The molecule has 4 rings (SSSR count). The zero-order chi connectivity index (χ0) is 20.4. The van der Waals surface area contributed by atoms with Crippen LogP contribution in [0.3, 0.4) is 0 Å². The number of nitriles is 1. The van der Waals surface area contributed by atoms with E-state index in [1.54, 1.807) is 12.1 Å².